The molecular formula is C7H9ClN2O2. The zero-order valence-corrected chi connectivity index (χ0v) is 7.34. The Balaban J connectivity index is 0.00000121. The Morgan fingerprint density at radius 2 is 2.33 bits per heavy atom. The van der Waals surface area contributed by atoms with E-state index in [1.165, 1.54) is 6.33 Å². The van der Waals surface area contributed by atoms with Crippen LogP contribution in [0.25, 0.3) is 5.57 Å². The second-order valence-corrected chi connectivity index (χ2v) is 2.21. The summed E-state index contributed by atoms with van der Waals surface area (Å²) >= 11 is 0. The molecule has 0 aliphatic heterocycles. The van der Waals surface area contributed by atoms with Crippen molar-refractivity contribution < 1.29 is 9.90 Å². The highest BCUT2D eigenvalue weighted by Crippen LogP contribution is 2.07. The number of nitrogens with zero attached hydrogens (tertiary/aromatic N) is 2. The first-order valence-corrected chi connectivity index (χ1v) is 3.02. The summed E-state index contributed by atoms with van der Waals surface area (Å²) in [6, 6.07) is 0. The number of aryl methyl sites for hydroxylation is 1. The van der Waals surface area contributed by atoms with Crippen molar-refractivity contribution in [3.63, 3.8) is 0 Å². The molecule has 1 aromatic rings. The number of carbonyl (C=O) groups is 1. The Morgan fingerprint density at radius 1 is 1.75 bits per heavy atom. The van der Waals surface area contributed by atoms with Gasteiger partial charge in [0.05, 0.1) is 17.6 Å². The van der Waals surface area contributed by atoms with E-state index in [0.29, 0.717) is 5.69 Å². The predicted octanol–water partition coefficient (Wildman–Crippen LogP) is 0.940. The third-order valence-corrected chi connectivity index (χ3v) is 1.27. The normalized spacial score (nSPS) is 8.75. The van der Waals surface area contributed by atoms with Crippen molar-refractivity contribution in [1.82, 2.24) is 9.55 Å². The maximum atomic E-state index is 10.4. The van der Waals surface area contributed by atoms with E-state index in [1.807, 2.05) is 0 Å². The van der Waals surface area contributed by atoms with E-state index >= 15 is 0 Å². The number of hydrogen-bond donors (Lipinski definition) is 1. The molecule has 1 N–H and O–H groups in total. The van der Waals surface area contributed by atoms with Crippen LogP contribution in [0, 0.1) is 0 Å². The van der Waals surface area contributed by atoms with E-state index in [9.17, 15) is 4.79 Å². The van der Waals surface area contributed by atoms with Crippen LogP contribution in [-0.4, -0.2) is 20.6 Å². The third kappa shape index (κ3) is 2.10. The molecule has 0 saturated carbocycles. The van der Waals surface area contributed by atoms with Crippen molar-refractivity contribution in [3.8, 4) is 0 Å². The third-order valence-electron chi connectivity index (χ3n) is 1.27. The SMILES string of the molecule is C=C(C(=O)O)c1cn(C)cn1.Cl. The molecule has 5 heteroatoms. The molecule has 0 aromatic carbocycles. The van der Waals surface area contributed by atoms with Crippen LogP contribution < -0.4 is 0 Å². The lowest BCUT2D eigenvalue weighted by Gasteiger charge is -1.91. The van der Waals surface area contributed by atoms with Crippen molar-refractivity contribution in [3.05, 3.63) is 24.8 Å². The van der Waals surface area contributed by atoms with E-state index < -0.39 is 5.97 Å². The van der Waals surface area contributed by atoms with Crippen molar-refractivity contribution in [2.45, 2.75) is 0 Å². The maximum Gasteiger partial charge on any atom is 0.337 e. The van der Waals surface area contributed by atoms with Gasteiger partial charge in [-0.15, -0.1) is 12.4 Å². The van der Waals surface area contributed by atoms with Gasteiger partial charge in [-0.3, -0.25) is 0 Å². The number of carboxylic acids is 1. The van der Waals surface area contributed by atoms with Gasteiger partial charge in [-0.05, 0) is 0 Å². The molecule has 1 rings (SSSR count). The molecule has 0 fully saturated rings. The molecule has 66 valence electrons. The number of imidazole rings is 1. The fraction of sp³-hybridized carbons (Fsp3) is 0.143. The van der Waals surface area contributed by atoms with Gasteiger partial charge in [0.25, 0.3) is 0 Å². The van der Waals surface area contributed by atoms with Crippen LogP contribution in [0.4, 0.5) is 0 Å². The summed E-state index contributed by atoms with van der Waals surface area (Å²) in [7, 11) is 1.77. The van der Waals surface area contributed by atoms with Crippen LogP contribution in [0.15, 0.2) is 19.1 Å². The summed E-state index contributed by atoms with van der Waals surface area (Å²) in [5.41, 5.74) is 0.422. The van der Waals surface area contributed by atoms with Gasteiger partial charge in [-0.2, -0.15) is 0 Å². The van der Waals surface area contributed by atoms with Crippen molar-refractivity contribution in [2.24, 2.45) is 7.05 Å². The van der Waals surface area contributed by atoms with Crippen LogP contribution >= 0.6 is 12.4 Å². The summed E-state index contributed by atoms with van der Waals surface area (Å²) < 4.78 is 1.67. The summed E-state index contributed by atoms with van der Waals surface area (Å²) in [5.74, 6) is -1.04. The molecular weight excluding hydrogens is 180 g/mol. The van der Waals surface area contributed by atoms with Gasteiger partial charge in [0, 0.05) is 13.2 Å². The minimum Gasteiger partial charge on any atom is -0.478 e. The number of halogens is 1. The molecule has 0 spiro atoms. The first-order valence-electron chi connectivity index (χ1n) is 3.02. The Hall–Kier alpha value is -1.29. The van der Waals surface area contributed by atoms with Crippen molar-refractivity contribution >= 4 is 23.9 Å². The monoisotopic (exact) mass is 188 g/mol. The first kappa shape index (κ1) is 10.7. The molecule has 0 unspecified atom stereocenters. The van der Waals surface area contributed by atoms with Crippen molar-refractivity contribution in [2.75, 3.05) is 0 Å². The number of hydrogen-bond acceptors (Lipinski definition) is 2. The quantitative estimate of drug-likeness (QED) is 0.703. The molecule has 0 aliphatic rings. The fourth-order valence-electron chi connectivity index (χ4n) is 0.678. The smallest absolute Gasteiger partial charge is 0.337 e. The largest absolute Gasteiger partial charge is 0.478 e. The second kappa shape index (κ2) is 3.92. The van der Waals surface area contributed by atoms with Gasteiger partial charge in [0.15, 0.2) is 0 Å². The van der Waals surface area contributed by atoms with Gasteiger partial charge < -0.3 is 9.67 Å². The van der Waals surface area contributed by atoms with E-state index in [0.717, 1.165) is 0 Å². The van der Waals surface area contributed by atoms with Gasteiger partial charge in [0.1, 0.15) is 0 Å². The van der Waals surface area contributed by atoms with E-state index in [-0.39, 0.29) is 18.0 Å². The van der Waals surface area contributed by atoms with Gasteiger partial charge in [-0.1, -0.05) is 6.58 Å². The molecule has 0 radical (unpaired) electrons. The number of carboxylic acid groups (broad SMARTS) is 1. The average Bonchev–Trinajstić information content (AvgIpc) is 2.34. The lowest BCUT2D eigenvalue weighted by molar-refractivity contribution is -0.130. The van der Waals surface area contributed by atoms with Gasteiger partial charge in [0.2, 0.25) is 0 Å². The summed E-state index contributed by atoms with van der Waals surface area (Å²) in [4.78, 5) is 14.2. The predicted molar refractivity (Wildman–Crippen MR) is 47.1 cm³/mol. The molecule has 0 amide bonds. The molecule has 0 aliphatic carbocycles. The Labute approximate surface area is 75.9 Å². The molecule has 1 aromatic heterocycles. The van der Waals surface area contributed by atoms with Gasteiger partial charge >= 0.3 is 5.97 Å². The Morgan fingerprint density at radius 3 is 2.67 bits per heavy atom. The topological polar surface area (TPSA) is 55.1 Å². The van der Waals surface area contributed by atoms with Crippen molar-refractivity contribution in [1.29, 1.82) is 0 Å². The highest BCUT2D eigenvalue weighted by atomic mass is 35.5. The molecule has 0 atom stereocenters. The zero-order chi connectivity index (χ0) is 8.43. The number of aliphatic carboxylic acids is 1. The lowest BCUT2D eigenvalue weighted by atomic mass is 10.2. The van der Waals surface area contributed by atoms with Crippen LogP contribution in [0.2, 0.25) is 0 Å². The van der Waals surface area contributed by atoms with Crippen LogP contribution in [0.3, 0.4) is 0 Å². The first-order chi connectivity index (χ1) is 5.11. The second-order valence-electron chi connectivity index (χ2n) is 2.21. The molecule has 1 heterocycles. The van der Waals surface area contributed by atoms with Gasteiger partial charge in [-0.25, -0.2) is 9.78 Å². The molecule has 0 bridgehead atoms. The minimum atomic E-state index is -1.04. The fourth-order valence-corrected chi connectivity index (χ4v) is 0.678. The summed E-state index contributed by atoms with van der Waals surface area (Å²) in [6.45, 7) is 3.36. The number of aromatic nitrogens is 2. The summed E-state index contributed by atoms with van der Waals surface area (Å²) in [6.07, 6.45) is 3.14. The number of rotatable bonds is 2. The van der Waals surface area contributed by atoms with Crippen LogP contribution in [0.1, 0.15) is 5.69 Å². The Bertz CT molecular complexity index is 306. The zero-order valence-electron chi connectivity index (χ0n) is 6.52. The summed E-state index contributed by atoms with van der Waals surface area (Å²) in [5, 5.41) is 8.50. The minimum absolute atomic E-state index is 0. The molecule has 4 nitrogen and oxygen atoms in total. The standard InChI is InChI=1S/C7H8N2O2.ClH/c1-5(7(10)11)6-3-9(2)4-8-6;/h3-4H,1H2,2H3,(H,10,11);1H. The Kier molecular flexibility index (Phi) is 3.50. The van der Waals surface area contributed by atoms with E-state index in [2.05, 4.69) is 11.6 Å². The maximum absolute atomic E-state index is 10.4. The van der Waals surface area contributed by atoms with Crippen LogP contribution in [0.5, 0.6) is 0 Å². The molecule has 0 saturated heterocycles. The highest BCUT2D eigenvalue weighted by molar-refractivity contribution is 6.13. The lowest BCUT2D eigenvalue weighted by Crippen LogP contribution is -1.97. The highest BCUT2D eigenvalue weighted by Gasteiger charge is 2.08. The van der Waals surface area contributed by atoms with Crippen LogP contribution in [-0.2, 0) is 11.8 Å². The average molecular weight is 189 g/mol. The molecule has 12 heavy (non-hydrogen) atoms. The van der Waals surface area contributed by atoms with E-state index in [4.69, 9.17) is 5.11 Å². The van der Waals surface area contributed by atoms with E-state index in [1.54, 1.807) is 17.8 Å².